The molecule has 1 aromatic heterocycles. The van der Waals surface area contributed by atoms with E-state index in [0.717, 1.165) is 36.4 Å². The van der Waals surface area contributed by atoms with E-state index in [-0.39, 0.29) is 5.56 Å². The Bertz CT molecular complexity index is 1070. The minimum absolute atomic E-state index is 0.252. The number of anilines is 3. The van der Waals surface area contributed by atoms with Crippen LogP contribution in [-0.2, 0) is 6.42 Å². The molecule has 1 heterocycles. The summed E-state index contributed by atoms with van der Waals surface area (Å²) in [6.07, 6.45) is 6.35. The van der Waals surface area contributed by atoms with E-state index in [0.29, 0.717) is 18.2 Å². The fourth-order valence-corrected chi connectivity index (χ4v) is 4.23. The summed E-state index contributed by atoms with van der Waals surface area (Å²) in [7, 11) is 3.74. The number of aryl methyl sites for hydroxylation is 1. The van der Waals surface area contributed by atoms with Gasteiger partial charge in [0.15, 0.2) is 0 Å². The fourth-order valence-electron chi connectivity index (χ4n) is 4.23. The average Bonchev–Trinajstić information content (AvgIpc) is 2.82. The van der Waals surface area contributed by atoms with Crippen LogP contribution in [0.5, 0.6) is 5.75 Å². The molecule has 0 saturated heterocycles. The number of carbonyl (C=O) groups is 1. The summed E-state index contributed by atoms with van der Waals surface area (Å²) in [5.74, 6) is 0.240. The van der Waals surface area contributed by atoms with Crippen LogP contribution in [-0.4, -0.2) is 36.8 Å². The number of nitrogens with zero attached hydrogens (tertiary/aromatic N) is 2. The number of aromatic nitrogens is 1. The minimum Gasteiger partial charge on any atom is -0.497 e. The number of methoxy groups -OCH3 is 1. The normalized spacial score (nSPS) is 15.1. The summed E-state index contributed by atoms with van der Waals surface area (Å²) in [5.41, 5.74) is 5.78. The third kappa shape index (κ3) is 4.48. The third-order valence-corrected chi connectivity index (χ3v) is 6.00. The lowest BCUT2D eigenvalue weighted by atomic mass is 9.82. The fraction of sp³-hybridized carbons (Fsp3) is 0.280. The maximum absolute atomic E-state index is 11.4. The summed E-state index contributed by atoms with van der Waals surface area (Å²) in [4.78, 5) is 17.7. The van der Waals surface area contributed by atoms with E-state index in [1.54, 1.807) is 13.3 Å². The van der Waals surface area contributed by atoms with E-state index in [2.05, 4.69) is 52.6 Å². The van der Waals surface area contributed by atoms with Crippen molar-refractivity contribution in [1.82, 2.24) is 4.98 Å². The highest BCUT2D eigenvalue weighted by Crippen LogP contribution is 2.36. The largest absolute Gasteiger partial charge is 0.497 e. The van der Waals surface area contributed by atoms with Crippen molar-refractivity contribution in [1.29, 1.82) is 0 Å². The molecule has 6 nitrogen and oxygen atoms in total. The lowest BCUT2D eigenvalue weighted by Crippen LogP contribution is -2.20. The van der Waals surface area contributed by atoms with Crippen molar-refractivity contribution >= 4 is 23.0 Å². The molecule has 31 heavy (non-hydrogen) atoms. The Morgan fingerprint density at radius 2 is 1.97 bits per heavy atom. The van der Waals surface area contributed by atoms with E-state index in [1.807, 2.05) is 12.1 Å². The lowest BCUT2D eigenvalue weighted by Gasteiger charge is -2.28. The zero-order valence-corrected chi connectivity index (χ0v) is 17.8. The van der Waals surface area contributed by atoms with Crippen LogP contribution in [0, 0.1) is 0 Å². The van der Waals surface area contributed by atoms with Crippen LogP contribution in [0.1, 0.15) is 40.2 Å². The molecule has 1 aliphatic carbocycles. The number of fused-ring (bicyclic) bond motifs is 1. The van der Waals surface area contributed by atoms with Gasteiger partial charge in [0.05, 0.1) is 24.6 Å². The van der Waals surface area contributed by atoms with Crippen LogP contribution in [0.15, 0.2) is 60.9 Å². The smallest absolute Gasteiger partial charge is 0.337 e. The Kier molecular flexibility index (Phi) is 6.07. The van der Waals surface area contributed by atoms with Crippen LogP contribution in [0.4, 0.5) is 17.1 Å². The number of benzene rings is 2. The second-order valence-electron chi connectivity index (χ2n) is 7.84. The van der Waals surface area contributed by atoms with Gasteiger partial charge in [-0.15, -0.1) is 0 Å². The first-order valence-electron chi connectivity index (χ1n) is 10.5. The van der Waals surface area contributed by atoms with Crippen molar-refractivity contribution in [3.05, 3.63) is 77.6 Å². The van der Waals surface area contributed by atoms with Gasteiger partial charge in [0.25, 0.3) is 0 Å². The third-order valence-electron chi connectivity index (χ3n) is 6.00. The number of nitrogens with one attached hydrogen (secondary N) is 1. The molecular formula is C25H27N3O3. The van der Waals surface area contributed by atoms with Crippen LogP contribution < -0.4 is 15.0 Å². The summed E-state index contributed by atoms with van der Waals surface area (Å²) < 4.78 is 5.26. The van der Waals surface area contributed by atoms with Gasteiger partial charge < -0.3 is 20.1 Å². The number of hydrogen-bond acceptors (Lipinski definition) is 5. The number of ether oxygens (including phenoxy) is 1. The van der Waals surface area contributed by atoms with Gasteiger partial charge in [-0.25, -0.2) is 4.79 Å². The highest BCUT2D eigenvalue weighted by molar-refractivity contribution is 5.93. The van der Waals surface area contributed by atoms with E-state index in [4.69, 9.17) is 4.74 Å². The lowest BCUT2D eigenvalue weighted by molar-refractivity contribution is 0.0697. The van der Waals surface area contributed by atoms with Crippen molar-refractivity contribution in [2.45, 2.75) is 25.2 Å². The monoisotopic (exact) mass is 417 g/mol. The van der Waals surface area contributed by atoms with Crippen LogP contribution in [0.2, 0.25) is 0 Å². The molecule has 3 aromatic rings. The predicted molar refractivity (Wildman–Crippen MR) is 123 cm³/mol. The molecule has 0 amide bonds. The van der Waals surface area contributed by atoms with E-state index >= 15 is 0 Å². The van der Waals surface area contributed by atoms with Gasteiger partial charge in [-0.05, 0) is 72.9 Å². The van der Waals surface area contributed by atoms with Crippen molar-refractivity contribution in [3.63, 3.8) is 0 Å². The SMILES string of the molecule is COc1ccc(N(C)c2ccc3c(c2)CCC[C@H]3CNc2cnccc2C(=O)O)cc1. The van der Waals surface area contributed by atoms with Gasteiger partial charge in [-0.3, -0.25) is 4.98 Å². The Labute approximate surface area is 182 Å². The molecule has 1 atom stereocenters. The molecule has 6 heteroatoms. The molecule has 2 N–H and O–H groups in total. The van der Waals surface area contributed by atoms with Crippen molar-refractivity contribution in [2.24, 2.45) is 0 Å². The van der Waals surface area contributed by atoms with E-state index in [9.17, 15) is 9.90 Å². The predicted octanol–water partition coefficient (Wildman–Crippen LogP) is 5.09. The number of carboxylic acids is 1. The van der Waals surface area contributed by atoms with Gasteiger partial charge in [-0.1, -0.05) is 6.07 Å². The number of aromatic carboxylic acids is 1. The van der Waals surface area contributed by atoms with E-state index < -0.39 is 5.97 Å². The van der Waals surface area contributed by atoms with Crippen molar-refractivity contribution in [2.75, 3.05) is 30.9 Å². The molecule has 0 saturated carbocycles. The summed E-state index contributed by atoms with van der Waals surface area (Å²) in [5, 5.41) is 12.7. The van der Waals surface area contributed by atoms with Gasteiger partial charge in [0, 0.05) is 37.1 Å². The first-order chi connectivity index (χ1) is 15.1. The Hall–Kier alpha value is -3.54. The second-order valence-corrected chi connectivity index (χ2v) is 7.84. The van der Waals surface area contributed by atoms with Crippen molar-refractivity contribution in [3.8, 4) is 5.75 Å². The summed E-state index contributed by atoms with van der Waals surface area (Å²) in [6, 6.07) is 16.2. The standard InChI is InChI=1S/C25H27N3O3/c1-28(19-6-9-21(31-2)10-7-19)20-8-11-22-17(14-20)4-3-5-18(22)15-27-24-16-26-13-12-23(24)25(29)30/h6-14,16,18,27H,3-5,15H2,1-2H3,(H,29,30)/t18-/m0/s1. The molecule has 0 fully saturated rings. The number of rotatable bonds is 7. The summed E-state index contributed by atoms with van der Waals surface area (Å²) >= 11 is 0. The van der Waals surface area contributed by atoms with E-state index in [1.165, 1.54) is 23.4 Å². The molecule has 0 spiro atoms. The number of pyridine rings is 1. The Balaban J connectivity index is 1.51. The molecular weight excluding hydrogens is 390 g/mol. The van der Waals surface area contributed by atoms with Gasteiger partial charge in [-0.2, -0.15) is 0 Å². The molecule has 0 unspecified atom stereocenters. The quantitative estimate of drug-likeness (QED) is 0.558. The first kappa shape index (κ1) is 20.7. The first-order valence-corrected chi connectivity index (χ1v) is 10.5. The molecule has 2 aromatic carbocycles. The van der Waals surface area contributed by atoms with Gasteiger partial charge in [0.2, 0.25) is 0 Å². The summed E-state index contributed by atoms with van der Waals surface area (Å²) in [6.45, 7) is 0.687. The molecule has 160 valence electrons. The zero-order chi connectivity index (χ0) is 21.8. The van der Waals surface area contributed by atoms with Crippen LogP contribution in [0.25, 0.3) is 0 Å². The average molecular weight is 418 g/mol. The molecule has 0 bridgehead atoms. The molecule has 0 radical (unpaired) electrons. The van der Waals surface area contributed by atoms with Crippen LogP contribution >= 0.6 is 0 Å². The number of carboxylic acid groups (broad SMARTS) is 1. The number of hydrogen-bond donors (Lipinski definition) is 2. The highest BCUT2D eigenvalue weighted by atomic mass is 16.5. The highest BCUT2D eigenvalue weighted by Gasteiger charge is 2.22. The molecule has 4 rings (SSSR count). The minimum atomic E-state index is -0.944. The maximum Gasteiger partial charge on any atom is 0.337 e. The molecule has 0 aliphatic heterocycles. The Morgan fingerprint density at radius 3 is 2.71 bits per heavy atom. The topological polar surface area (TPSA) is 74.7 Å². The molecule has 1 aliphatic rings. The van der Waals surface area contributed by atoms with Gasteiger partial charge in [0.1, 0.15) is 5.75 Å². The van der Waals surface area contributed by atoms with Crippen molar-refractivity contribution < 1.29 is 14.6 Å². The van der Waals surface area contributed by atoms with Crippen LogP contribution in [0.3, 0.4) is 0 Å². The zero-order valence-electron chi connectivity index (χ0n) is 17.8. The maximum atomic E-state index is 11.4. The van der Waals surface area contributed by atoms with Gasteiger partial charge >= 0.3 is 5.97 Å². The second kappa shape index (κ2) is 9.08. The Morgan fingerprint density at radius 1 is 1.19 bits per heavy atom.